The third-order valence-corrected chi connectivity index (χ3v) is 7.94. The maximum absolute atomic E-state index is 12.4. The second kappa shape index (κ2) is 15.5. The number of carbonyl (C=O) groups is 1. The van der Waals surface area contributed by atoms with Crippen LogP contribution in [0.4, 0.5) is 0 Å². The molecule has 29 heavy (non-hydrogen) atoms. The molecular weight excluding hydrogens is 404 g/mol. The molecule has 1 amide bonds. The van der Waals surface area contributed by atoms with E-state index >= 15 is 0 Å². The molecule has 0 aromatic rings. The van der Waals surface area contributed by atoms with Crippen LogP contribution in [0.1, 0.15) is 39.5 Å². The zero-order valence-electron chi connectivity index (χ0n) is 19.0. The summed E-state index contributed by atoms with van der Waals surface area (Å²) >= 11 is 3.95. The number of carbonyl (C=O) groups excluding carboxylic acids is 1. The quantitative estimate of drug-likeness (QED) is 0.395. The highest BCUT2D eigenvalue weighted by molar-refractivity contribution is 7.98. The van der Waals surface area contributed by atoms with Gasteiger partial charge in [0.2, 0.25) is 5.91 Å². The molecule has 1 aliphatic heterocycles. The van der Waals surface area contributed by atoms with E-state index in [0.29, 0.717) is 10.5 Å². The molecule has 6 nitrogen and oxygen atoms in total. The van der Waals surface area contributed by atoms with Crippen molar-refractivity contribution in [2.24, 2.45) is 5.92 Å². The molecule has 1 heterocycles. The van der Waals surface area contributed by atoms with Gasteiger partial charge in [0.05, 0.1) is 5.92 Å². The molecule has 1 fully saturated rings. The molecule has 1 saturated heterocycles. The van der Waals surface area contributed by atoms with Crippen LogP contribution < -0.4 is 5.32 Å². The second-order valence-electron chi connectivity index (χ2n) is 7.69. The first-order chi connectivity index (χ1) is 14.0. The summed E-state index contributed by atoms with van der Waals surface area (Å²) in [5, 5.41) is 11.3. The Kier molecular flexibility index (Phi) is 14.3. The summed E-state index contributed by atoms with van der Waals surface area (Å²) < 4.78 is 4.87. The van der Waals surface area contributed by atoms with Crippen molar-refractivity contribution in [2.75, 3.05) is 60.5 Å². The van der Waals surface area contributed by atoms with Crippen LogP contribution in [0.15, 0.2) is 12.2 Å². The van der Waals surface area contributed by atoms with Gasteiger partial charge in [0.15, 0.2) is 0 Å². The van der Waals surface area contributed by atoms with E-state index in [1.807, 2.05) is 38.0 Å². The van der Waals surface area contributed by atoms with Crippen molar-refractivity contribution in [1.29, 1.82) is 0 Å². The summed E-state index contributed by atoms with van der Waals surface area (Å²) in [4.78, 5) is 14.5. The van der Waals surface area contributed by atoms with E-state index in [0.717, 1.165) is 59.2 Å². The number of rotatable bonds is 10. The van der Waals surface area contributed by atoms with Crippen LogP contribution in [0.5, 0.6) is 0 Å². The van der Waals surface area contributed by atoms with Crippen LogP contribution in [-0.4, -0.2) is 95.5 Å². The summed E-state index contributed by atoms with van der Waals surface area (Å²) in [7, 11) is 5.07. The van der Waals surface area contributed by atoms with Crippen molar-refractivity contribution in [3.05, 3.63) is 12.2 Å². The highest BCUT2D eigenvalue weighted by Crippen LogP contribution is 2.34. The second-order valence-corrected chi connectivity index (χ2v) is 10.4. The van der Waals surface area contributed by atoms with Crippen LogP contribution >= 0.6 is 23.9 Å². The van der Waals surface area contributed by atoms with Gasteiger partial charge in [0.25, 0.3) is 0 Å². The lowest BCUT2D eigenvalue weighted by molar-refractivity contribution is -0.126. The minimum Gasteiger partial charge on any atom is -0.400 e. The minimum atomic E-state index is 0.145. The largest absolute Gasteiger partial charge is 0.400 e. The number of nitrogens with zero attached hydrogens (tertiary/aromatic N) is 3. The normalized spacial score (nSPS) is 25.0. The Labute approximate surface area is 187 Å². The maximum Gasteiger partial charge on any atom is 0.224 e. The number of hydrogen-bond donors (Lipinski definition) is 2. The van der Waals surface area contributed by atoms with Crippen molar-refractivity contribution in [1.82, 2.24) is 18.8 Å². The molecular formula is C21H42N4O2S2. The summed E-state index contributed by atoms with van der Waals surface area (Å²) in [6.45, 7) is 10.3. The van der Waals surface area contributed by atoms with Gasteiger partial charge in [0, 0.05) is 56.9 Å². The SMILES string of the molecule is CCN(CC)SC1C=CC(SN2CCCC(C(=O)NCCN(C)C)C2)CC1.CO. The number of piperidine rings is 1. The number of nitrogens with one attached hydrogen (secondary N) is 1. The zero-order chi connectivity index (χ0) is 21.6. The molecule has 0 aromatic carbocycles. The zero-order valence-corrected chi connectivity index (χ0v) is 20.6. The number of aliphatic hydroxyl groups excluding tert-OH is 1. The predicted molar refractivity (Wildman–Crippen MR) is 128 cm³/mol. The van der Waals surface area contributed by atoms with Crippen LogP contribution in [0.3, 0.4) is 0 Å². The molecule has 3 atom stereocenters. The molecule has 2 N–H and O–H groups in total. The molecule has 0 radical (unpaired) electrons. The Bertz CT molecular complexity index is 476. The van der Waals surface area contributed by atoms with E-state index in [9.17, 15) is 4.79 Å². The molecule has 0 bridgehead atoms. The van der Waals surface area contributed by atoms with E-state index < -0.39 is 0 Å². The first kappa shape index (κ1) is 26.8. The number of likely N-dealkylation sites (N-methyl/N-ethyl adjacent to an activating group) is 1. The first-order valence-corrected chi connectivity index (χ1v) is 12.6. The number of aliphatic hydroxyl groups is 1. The standard InChI is InChI=1S/C20H38N4OS2.CH4O/c1-5-23(6-2)26-18-9-11-19(12-10-18)27-24-14-7-8-17(16-24)20(25)21-13-15-22(3)4;1-2/h9,11,17-19H,5-8,10,12-16H2,1-4H3,(H,21,25);2H,1H3. The fourth-order valence-corrected chi connectivity index (χ4v) is 5.87. The van der Waals surface area contributed by atoms with Gasteiger partial charge in [-0.05, 0) is 39.8 Å². The van der Waals surface area contributed by atoms with E-state index in [-0.39, 0.29) is 11.8 Å². The average molecular weight is 447 g/mol. The smallest absolute Gasteiger partial charge is 0.224 e. The topological polar surface area (TPSA) is 59.0 Å². The van der Waals surface area contributed by atoms with Crippen molar-refractivity contribution in [3.8, 4) is 0 Å². The third kappa shape index (κ3) is 10.6. The molecule has 0 aromatic heterocycles. The van der Waals surface area contributed by atoms with Crippen LogP contribution in [0.25, 0.3) is 0 Å². The van der Waals surface area contributed by atoms with Gasteiger partial charge >= 0.3 is 0 Å². The molecule has 0 saturated carbocycles. The highest BCUT2D eigenvalue weighted by atomic mass is 32.2. The fraction of sp³-hybridized carbons (Fsp3) is 0.857. The van der Waals surface area contributed by atoms with E-state index in [1.54, 1.807) is 0 Å². The van der Waals surface area contributed by atoms with Crippen molar-refractivity contribution in [3.63, 3.8) is 0 Å². The van der Waals surface area contributed by atoms with Crippen LogP contribution in [-0.2, 0) is 4.79 Å². The summed E-state index contributed by atoms with van der Waals surface area (Å²) in [6, 6.07) is 0. The van der Waals surface area contributed by atoms with E-state index in [4.69, 9.17) is 5.11 Å². The molecule has 2 aliphatic rings. The third-order valence-electron chi connectivity index (χ3n) is 5.16. The lowest BCUT2D eigenvalue weighted by Crippen LogP contribution is -2.42. The van der Waals surface area contributed by atoms with Crippen molar-refractivity contribution >= 4 is 29.8 Å². The monoisotopic (exact) mass is 446 g/mol. The highest BCUT2D eigenvalue weighted by Gasteiger charge is 2.28. The van der Waals surface area contributed by atoms with Gasteiger partial charge in [-0.1, -0.05) is 49.9 Å². The van der Waals surface area contributed by atoms with E-state index in [2.05, 4.69) is 44.8 Å². The summed E-state index contributed by atoms with van der Waals surface area (Å²) in [5.41, 5.74) is 0. The minimum absolute atomic E-state index is 0.145. The predicted octanol–water partition coefficient (Wildman–Crippen LogP) is 2.71. The Morgan fingerprint density at radius 2 is 1.79 bits per heavy atom. The molecule has 8 heteroatoms. The maximum atomic E-state index is 12.4. The lowest BCUT2D eigenvalue weighted by Gasteiger charge is -2.34. The number of amides is 1. The Hall–Kier alpha value is -0.250. The summed E-state index contributed by atoms with van der Waals surface area (Å²) in [6.07, 6.45) is 9.42. The van der Waals surface area contributed by atoms with Crippen molar-refractivity contribution < 1.29 is 9.90 Å². The molecule has 3 unspecified atom stereocenters. The average Bonchev–Trinajstić information content (AvgIpc) is 2.74. The van der Waals surface area contributed by atoms with Crippen LogP contribution in [0, 0.1) is 5.92 Å². The Balaban J connectivity index is 0.00000204. The van der Waals surface area contributed by atoms with Gasteiger partial charge in [-0.2, -0.15) is 0 Å². The molecule has 1 aliphatic carbocycles. The fourth-order valence-electron chi connectivity index (χ4n) is 3.50. The van der Waals surface area contributed by atoms with Crippen LogP contribution in [0.2, 0.25) is 0 Å². The van der Waals surface area contributed by atoms with Crippen molar-refractivity contribution in [2.45, 2.75) is 50.0 Å². The molecule has 2 rings (SSSR count). The first-order valence-electron chi connectivity index (χ1n) is 10.9. The Morgan fingerprint density at radius 3 is 2.38 bits per heavy atom. The van der Waals surface area contributed by atoms with E-state index in [1.165, 1.54) is 12.8 Å². The molecule has 170 valence electrons. The van der Waals surface area contributed by atoms with Gasteiger partial charge in [0.1, 0.15) is 0 Å². The van der Waals surface area contributed by atoms with Gasteiger partial charge < -0.3 is 15.3 Å². The van der Waals surface area contributed by atoms with Gasteiger partial charge in [-0.15, -0.1) is 0 Å². The van der Waals surface area contributed by atoms with Gasteiger partial charge in [-0.3, -0.25) is 9.10 Å². The van der Waals surface area contributed by atoms with Gasteiger partial charge in [-0.25, -0.2) is 4.31 Å². The number of hydrogen-bond acceptors (Lipinski definition) is 7. The summed E-state index contributed by atoms with van der Waals surface area (Å²) in [5.74, 6) is 0.379. The Morgan fingerprint density at radius 1 is 1.14 bits per heavy atom. The lowest BCUT2D eigenvalue weighted by atomic mass is 9.99. The molecule has 0 spiro atoms.